The molecule has 0 fully saturated rings. The minimum absolute atomic E-state index is 0.0164. The molecule has 0 aliphatic carbocycles. The van der Waals surface area contributed by atoms with Gasteiger partial charge in [0.1, 0.15) is 18.1 Å². The highest BCUT2D eigenvalue weighted by atomic mass is 16.3. The van der Waals surface area contributed by atoms with Crippen LogP contribution in [0.1, 0.15) is 30.4 Å². The van der Waals surface area contributed by atoms with Gasteiger partial charge in [0, 0.05) is 18.3 Å². The molecule has 0 saturated heterocycles. The fraction of sp³-hybridized carbons (Fsp3) is 0.300. The predicted molar refractivity (Wildman–Crippen MR) is 99.2 cm³/mol. The highest BCUT2D eigenvalue weighted by Crippen LogP contribution is 2.13. The molecule has 1 heterocycles. The van der Waals surface area contributed by atoms with Gasteiger partial charge in [0.15, 0.2) is 0 Å². The zero-order valence-electron chi connectivity index (χ0n) is 14.9. The van der Waals surface area contributed by atoms with Crippen molar-refractivity contribution in [2.24, 2.45) is 0 Å². The second-order valence-electron chi connectivity index (χ2n) is 5.90. The molecule has 1 N–H and O–H groups in total. The van der Waals surface area contributed by atoms with Crippen molar-refractivity contribution in [2.45, 2.75) is 27.2 Å². The van der Waals surface area contributed by atoms with E-state index in [1.165, 1.54) is 11.0 Å². The van der Waals surface area contributed by atoms with E-state index < -0.39 is 0 Å². The Hall–Kier alpha value is -2.82. The molecule has 0 aliphatic rings. The first-order chi connectivity index (χ1) is 12.0. The lowest BCUT2D eigenvalue weighted by atomic mass is 10.2. The maximum Gasteiger partial charge on any atom is 0.247 e. The second-order valence-corrected chi connectivity index (χ2v) is 5.90. The Balaban J connectivity index is 1.99. The average Bonchev–Trinajstić information content (AvgIpc) is 3.00. The van der Waals surface area contributed by atoms with Crippen LogP contribution >= 0.6 is 0 Å². The zero-order chi connectivity index (χ0) is 18.2. The molecule has 2 amide bonds. The zero-order valence-corrected chi connectivity index (χ0v) is 14.9. The number of carbonyl (C=O) groups excluding carboxylic acids is 2. The normalized spacial score (nSPS) is 10.8. The summed E-state index contributed by atoms with van der Waals surface area (Å²) in [6.45, 7) is 6.28. The van der Waals surface area contributed by atoms with Gasteiger partial charge in [-0.2, -0.15) is 0 Å². The van der Waals surface area contributed by atoms with Gasteiger partial charge in [0.05, 0.1) is 0 Å². The van der Waals surface area contributed by atoms with Gasteiger partial charge in [-0.3, -0.25) is 9.59 Å². The number of aryl methyl sites for hydroxylation is 2. The van der Waals surface area contributed by atoms with Crippen molar-refractivity contribution in [1.82, 2.24) is 4.90 Å². The quantitative estimate of drug-likeness (QED) is 0.780. The van der Waals surface area contributed by atoms with Crippen molar-refractivity contribution in [3.8, 4) is 0 Å². The van der Waals surface area contributed by atoms with E-state index in [0.717, 1.165) is 23.4 Å². The summed E-state index contributed by atoms with van der Waals surface area (Å²) in [5.41, 5.74) is 1.75. The summed E-state index contributed by atoms with van der Waals surface area (Å²) in [4.78, 5) is 26.2. The largest absolute Gasteiger partial charge is 0.462 e. The van der Waals surface area contributed by atoms with E-state index in [1.54, 1.807) is 12.1 Å². The fourth-order valence-electron chi connectivity index (χ4n) is 2.42. The minimum atomic E-state index is -0.212. The number of amides is 2. The predicted octanol–water partition coefficient (Wildman–Crippen LogP) is 3.79. The summed E-state index contributed by atoms with van der Waals surface area (Å²) in [7, 11) is 0. The molecular weight excluding hydrogens is 316 g/mol. The molecule has 0 aliphatic heterocycles. The molecule has 2 aromatic rings. The topological polar surface area (TPSA) is 62.6 Å². The van der Waals surface area contributed by atoms with Crippen LogP contribution < -0.4 is 5.32 Å². The first-order valence-corrected chi connectivity index (χ1v) is 8.38. The third-order valence-corrected chi connectivity index (χ3v) is 3.71. The molecule has 5 nitrogen and oxygen atoms in total. The van der Waals surface area contributed by atoms with E-state index in [4.69, 9.17) is 4.42 Å². The number of anilines is 1. The molecule has 0 atom stereocenters. The van der Waals surface area contributed by atoms with E-state index in [2.05, 4.69) is 5.32 Å². The smallest absolute Gasteiger partial charge is 0.247 e. The highest BCUT2D eigenvalue weighted by Gasteiger charge is 2.15. The Bertz CT molecular complexity index is 762. The van der Waals surface area contributed by atoms with Crippen LogP contribution in [0.3, 0.4) is 0 Å². The van der Waals surface area contributed by atoms with Crippen LogP contribution in [0.15, 0.2) is 46.9 Å². The van der Waals surface area contributed by atoms with Crippen molar-refractivity contribution in [1.29, 1.82) is 0 Å². The molecule has 1 aromatic heterocycles. The van der Waals surface area contributed by atoms with Crippen molar-refractivity contribution in [3.63, 3.8) is 0 Å². The SMILES string of the molecule is CCCN(CC(=O)Nc1ccccc1C)C(=O)/C=C/c1ccc(C)o1. The molecule has 0 radical (unpaired) electrons. The number of furan rings is 1. The summed E-state index contributed by atoms with van der Waals surface area (Å²) in [6.07, 6.45) is 3.84. The van der Waals surface area contributed by atoms with E-state index in [9.17, 15) is 9.59 Å². The first kappa shape index (κ1) is 18.5. The Morgan fingerprint density at radius 2 is 1.92 bits per heavy atom. The van der Waals surface area contributed by atoms with Gasteiger partial charge in [-0.25, -0.2) is 0 Å². The van der Waals surface area contributed by atoms with Crippen molar-refractivity contribution in [2.75, 3.05) is 18.4 Å². The third-order valence-electron chi connectivity index (χ3n) is 3.71. The monoisotopic (exact) mass is 340 g/mol. The highest BCUT2D eigenvalue weighted by molar-refractivity contribution is 5.98. The van der Waals surface area contributed by atoms with E-state index >= 15 is 0 Å². The maximum absolute atomic E-state index is 12.4. The average molecular weight is 340 g/mol. The minimum Gasteiger partial charge on any atom is -0.462 e. The van der Waals surface area contributed by atoms with Crippen LogP contribution in [0.4, 0.5) is 5.69 Å². The molecule has 0 saturated carbocycles. The van der Waals surface area contributed by atoms with Crippen LogP contribution in [0.2, 0.25) is 0 Å². The Morgan fingerprint density at radius 1 is 1.16 bits per heavy atom. The summed E-state index contributed by atoms with van der Waals surface area (Å²) in [6, 6.07) is 11.2. The summed E-state index contributed by atoms with van der Waals surface area (Å²) in [5, 5.41) is 2.86. The first-order valence-electron chi connectivity index (χ1n) is 8.38. The van der Waals surface area contributed by atoms with Crippen LogP contribution in [0.25, 0.3) is 6.08 Å². The number of benzene rings is 1. The number of hydrogen-bond donors (Lipinski definition) is 1. The molecule has 25 heavy (non-hydrogen) atoms. The number of hydrogen-bond acceptors (Lipinski definition) is 3. The summed E-state index contributed by atoms with van der Waals surface area (Å²) >= 11 is 0. The van der Waals surface area contributed by atoms with Gasteiger partial charge in [-0.1, -0.05) is 25.1 Å². The van der Waals surface area contributed by atoms with Gasteiger partial charge in [0.25, 0.3) is 0 Å². The van der Waals surface area contributed by atoms with Crippen molar-refractivity contribution in [3.05, 3.63) is 59.6 Å². The molecule has 2 rings (SSSR count). The molecule has 132 valence electrons. The Morgan fingerprint density at radius 3 is 2.56 bits per heavy atom. The lowest BCUT2D eigenvalue weighted by Gasteiger charge is -2.20. The molecule has 5 heteroatoms. The molecule has 0 spiro atoms. The van der Waals surface area contributed by atoms with Gasteiger partial charge < -0.3 is 14.6 Å². The molecule has 0 unspecified atom stereocenters. The Kier molecular flexibility index (Phi) is 6.57. The summed E-state index contributed by atoms with van der Waals surface area (Å²) in [5.74, 6) is 0.982. The van der Waals surface area contributed by atoms with Gasteiger partial charge >= 0.3 is 0 Å². The molecular formula is C20H24N2O3. The number of nitrogens with one attached hydrogen (secondary N) is 1. The van der Waals surface area contributed by atoms with Gasteiger partial charge in [-0.15, -0.1) is 0 Å². The summed E-state index contributed by atoms with van der Waals surface area (Å²) < 4.78 is 5.41. The van der Waals surface area contributed by atoms with Crippen LogP contribution in [-0.2, 0) is 9.59 Å². The lowest BCUT2D eigenvalue weighted by molar-refractivity contribution is -0.130. The van der Waals surface area contributed by atoms with Crippen LogP contribution in [0, 0.1) is 13.8 Å². The fourth-order valence-corrected chi connectivity index (χ4v) is 2.42. The van der Waals surface area contributed by atoms with Crippen molar-refractivity contribution >= 4 is 23.6 Å². The van der Waals surface area contributed by atoms with Crippen LogP contribution in [0.5, 0.6) is 0 Å². The standard InChI is InChI=1S/C20H24N2O3/c1-4-13-22(20(24)12-11-17-10-9-16(3)25-17)14-19(23)21-18-8-6-5-7-15(18)2/h5-12H,4,13-14H2,1-3H3,(H,21,23)/b12-11+. The number of carbonyl (C=O) groups is 2. The van der Waals surface area contributed by atoms with Crippen molar-refractivity contribution < 1.29 is 14.0 Å². The second kappa shape index (κ2) is 8.87. The number of nitrogens with zero attached hydrogens (tertiary/aromatic N) is 1. The van der Waals surface area contributed by atoms with Gasteiger partial charge in [0.2, 0.25) is 11.8 Å². The van der Waals surface area contributed by atoms with E-state index in [1.807, 2.05) is 51.1 Å². The number of rotatable bonds is 7. The molecule has 0 bridgehead atoms. The number of para-hydroxylation sites is 1. The van der Waals surface area contributed by atoms with Gasteiger partial charge in [-0.05, 0) is 50.1 Å². The maximum atomic E-state index is 12.4. The van der Waals surface area contributed by atoms with Crippen LogP contribution in [-0.4, -0.2) is 29.8 Å². The van der Waals surface area contributed by atoms with E-state index in [0.29, 0.717) is 12.3 Å². The lowest BCUT2D eigenvalue weighted by Crippen LogP contribution is -2.37. The third kappa shape index (κ3) is 5.64. The van der Waals surface area contributed by atoms with E-state index in [-0.39, 0.29) is 18.4 Å². The molecule has 1 aromatic carbocycles. The Labute approximate surface area is 148 Å².